The summed E-state index contributed by atoms with van der Waals surface area (Å²) in [7, 11) is 1.40. The van der Waals surface area contributed by atoms with E-state index < -0.39 is 0 Å². The van der Waals surface area contributed by atoms with Gasteiger partial charge in [-0.3, -0.25) is 4.79 Å². The van der Waals surface area contributed by atoms with Crippen LogP contribution in [0.25, 0.3) is 11.0 Å². The normalized spacial score (nSPS) is 10.8. The largest absolute Gasteiger partial charge is 0.469 e. The van der Waals surface area contributed by atoms with Gasteiger partial charge in [0.05, 0.1) is 24.6 Å². The van der Waals surface area contributed by atoms with E-state index in [9.17, 15) is 4.79 Å². The molecule has 0 amide bonds. The van der Waals surface area contributed by atoms with Crippen LogP contribution < -0.4 is 5.32 Å². The van der Waals surface area contributed by atoms with E-state index in [2.05, 4.69) is 26.1 Å². The summed E-state index contributed by atoms with van der Waals surface area (Å²) in [6, 6.07) is 6.10. The van der Waals surface area contributed by atoms with Gasteiger partial charge in [0, 0.05) is 13.1 Å². The van der Waals surface area contributed by atoms with E-state index in [0.717, 1.165) is 29.0 Å². The third kappa shape index (κ3) is 3.07. The zero-order valence-corrected chi connectivity index (χ0v) is 10.6. The number of hydrogen-bond donors (Lipinski definition) is 2. The van der Waals surface area contributed by atoms with Gasteiger partial charge >= 0.3 is 5.97 Å². The molecular weight excluding hydrogens is 230 g/mol. The van der Waals surface area contributed by atoms with Crippen LogP contribution in [-0.2, 0) is 16.1 Å². The number of aromatic amines is 1. The molecule has 1 aromatic heterocycles. The van der Waals surface area contributed by atoms with Crippen LogP contribution in [0.3, 0.4) is 0 Å². The van der Waals surface area contributed by atoms with Crippen LogP contribution in [-0.4, -0.2) is 29.6 Å². The molecule has 0 bridgehead atoms. The lowest BCUT2D eigenvalue weighted by Crippen LogP contribution is -2.18. The third-order valence-electron chi connectivity index (χ3n) is 2.73. The Bertz CT molecular complexity index is 548. The molecule has 0 fully saturated rings. The Balaban J connectivity index is 1.89. The lowest BCUT2D eigenvalue weighted by Gasteiger charge is -2.04. The van der Waals surface area contributed by atoms with Crippen molar-refractivity contribution in [2.24, 2.45) is 0 Å². The van der Waals surface area contributed by atoms with Crippen molar-refractivity contribution in [2.75, 3.05) is 13.7 Å². The van der Waals surface area contributed by atoms with Crippen molar-refractivity contribution >= 4 is 17.0 Å². The molecular formula is C13H17N3O2. The lowest BCUT2D eigenvalue weighted by molar-refractivity contribution is -0.140. The van der Waals surface area contributed by atoms with E-state index >= 15 is 0 Å². The molecule has 1 heterocycles. The summed E-state index contributed by atoms with van der Waals surface area (Å²) in [5.41, 5.74) is 3.18. The first-order valence-electron chi connectivity index (χ1n) is 5.92. The fourth-order valence-corrected chi connectivity index (χ4v) is 1.82. The van der Waals surface area contributed by atoms with Crippen molar-refractivity contribution in [1.29, 1.82) is 0 Å². The molecule has 0 unspecified atom stereocenters. The minimum absolute atomic E-state index is 0.192. The molecule has 0 aliphatic heterocycles. The van der Waals surface area contributed by atoms with Crippen LogP contribution >= 0.6 is 0 Å². The first kappa shape index (κ1) is 12.6. The minimum Gasteiger partial charge on any atom is -0.469 e. The number of methoxy groups -OCH3 is 1. The number of ether oxygens (including phenoxy) is 1. The maximum atomic E-state index is 10.9. The second-order valence-corrected chi connectivity index (χ2v) is 4.18. The molecule has 0 spiro atoms. The number of fused-ring (bicyclic) bond motifs is 1. The van der Waals surface area contributed by atoms with Crippen molar-refractivity contribution in [3.05, 3.63) is 29.6 Å². The molecule has 0 atom stereocenters. The molecule has 0 radical (unpaired) electrons. The number of rotatable bonds is 5. The van der Waals surface area contributed by atoms with Crippen molar-refractivity contribution in [1.82, 2.24) is 15.3 Å². The van der Waals surface area contributed by atoms with Crippen molar-refractivity contribution in [2.45, 2.75) is 19.9 Å². The Hall–Kier alpha value is -1.88. The highest BCUT2D eigenvalue weighted by atomic mass is 16.5. The second kappa shape index (κ2) is 5.64. The highest BCUT2D eigenvalue weighted by Crippen LogP contribution is 2.13. The SMILES string of the molecule is COC(=O)CCNCc1ccc2nc(C)[nH]c2c1. The highest BCUT2D eigenvalue weighted by Gasteiger charge is 2.02. The molecule has 0 saturated heterocycles. The van der Waals surface area contributed by atoms with E-state index in [0.29, 0.717) is 13.0 Å². The van der Waals surface area contributed by atoms with Crippen LogP contribution in [0.15, 0.2) is 18.2 Å². The van der Waals surface area contributed by atoms with E-state index in [1.165, 1.54) is 7.11 Å². The molecule has 1 aromatic carbocycles. The van der Waals surface area contributed by atoms with Gasteiger partial charge in [-0.25, -0.2) is 4.98 Å². The van der Waals surface area contributed by atoms with Crippen molar-refractivity contribution in [3.63, 3.8) is 0 Å². The number of carbonyl (C=O) groups excluding carboxylic acids is 1. The molecule has 0 aliphatic rings. The highest BCUT2D eigenvalue weighted by molar-refractivity contribution is 5.75. The monoisotopic (exact) mass is 247 g/mol. The standard InChI is InChI=1S/C13H17N3O2/c1-9-15-11-4-3-10(7-12(11)16-9)8-14-6-5-13(17)18-2/h3-4,7,14H,5-6,8H2,1-2H3,(H,15,16). The van der Waals surface area contributed by atoms with Gasteiger partial charge in [0.1, 0.15) is 5.82 Å². The number of aryl methyl sites for hydroxylation is 1. The average Bonchev–Trinajstić information content (AvgIpc) is 2.73. The predicted octanol–water partition coefficient (Wildman–Crippen LogP) is 1.52. The molecule has 5 nitrogen and oxygen atoms in total. The van der Waals surface area contributed by atoms with Crippen LogP contribution in [0.5, 0.6) is 0 Å². The molecule has 2 aromatic rings. The van der Waals surface area contributed by atoms with E-state index in [-0.39, 0.29) is 5.97 Å². The predicted molar refractivity (Wildman–Crippen MR) is 69.2 cm³/mol. The summed E-state index contributed by atoms with van der Waals surface area (Å²) in [4.78, 5) is 18.5. The smallest absolute Gasteiger partial charge is 0.306 e. The van der Waals surface area contributed by atoms with E-state index in [1.54, 1.807) is 0 Å². The molecule has 18 heavy (non-hydrogen) atoms. The Kier molecular flexibility index (Phi) is 3.94. The topological polar surface area (TPSA) is 67.0 Å². The zero-order chi connectivity index (χ0) is 13.0. The van der Waals surface area contributed by atoms with Gasteiger partial charge in [-0.1, -0.05) is 6.07 Å². The summed E-state index contributed by atoms with van der Waals surface area (Å²) < 4.78 is 4.57. The quantitative estimate of drug-likeness (QED) is 0.621. The summed E-state index contributed by atoms with van der Waals surface area (Å²) in [5, 5.41) is 3.20. The van der Waals surface area contributed by atoms with Gasteiger partial charge in [0.25, 0.3) is 0 Å². The Labute approximate surface area is 106 Å². The fourth-order valence-electron chi connectivity index (χ4n) is 1.82. The van der Waals surface area contributed by atoms with Crippen LogP contribution in [0.4, 0.5) is 0 Å². The number of nitrogens with zero attached hydrogens (tertiary/aromatic N) is 1. The molecule has 2 N–H and O–H groups in total. The van der Waals surface area contributed by atoms with E-state index in [1.807, 2.05) is 19.1 Å². The summed E-state index contributed by atoms with van der Waals surface area (Å²) in [6.45, 7) is 3.28. The van der Waals surface area contributed by atoms with Gasteiger partial charge in [-0.15, -0.1) is 0 Å². The van der Waals surface area contributed by atoms with Gasteiger partial charge < -0.3 is 15.0 Å². The first-order valence-corrected chi connectivity index (χ1v) is 5.92. The average molecular weight is 247 g/mol. The van der Waals surface area contributed by atoms with E-state index in [4.69, 9.17) is 0 Å². The lowest BCUT2D eigenvalue weighted by atomic mass is 10.2. The van der Waals surface area contributed by atoms with Crippen molar-refractivity contribution < 1.29 is 9.53 Å². The second-order valence-electron chi connectivity index (χ2n) is 4.18. The first-order chi connectivity index (χ1) is 8.69. The Morgan fingerprint density at radius 3 is 3.11 bits per heavy atom. The number of hydrogen-bond acceptors (Lipinski definition) is 4. The molecule has 96 valence electrons. The maximum Gasteiger partial charge on any atom is 0.306 e. The fraction of sp³-hybridized carbons (Fsp3) is 0.385. The summed E-state index contributed by atoms with van der Waals surface area (Å²) in [5.74, 6) is 0.725. The number of imidazole rings is 1. The number of esters is 1. The summed E-state index contributed by atoms with van der Waals surface area (Å²) >= 11 is 0. The van der Waals surface area contributed by atoms with Crippen LogP contribution in [0.2, 0.25) is 0 Å². The van der Waals surface area contributed by atoms with Crippen LogP contribution in [0.1, 0.15) is 17.8 Å². The summed E-state index contributed by atoms with van der Waals surface area (Å²) in [6.07, 6.45) is 0.391. The zero-order valence-electron chi connectivity index (χ0n) is 10.6. The maximum absolute atomic E-state index is 10.9. The Morgan fingerprint density at radius 1 is 1.50 bits per heavy atom. The van der Waals surface area contributed by atoms with Gasteiger partial charge in [-0.05, 0) is 24.6 Å². The number of nitrogens with one attached hydrogen (secondary N) is 2. The number of benzene rings is 1. The van der Waals surface area contributed by atoms with Gasteiger partial charge in [0.15, 0.2) is 0 Å². The van der Waals surface area contributed by atoms with Gasteiger partial charge in [-0.2, -0.15) is 0 Å². The molecule has 0 aliphatic carbocycles. The molecule has 0 saturated carbocycles. The number of carbonyl (C=O) groups is 1. The third-order valence-corrected chi connectivity index (χ3v) is 2.73. The number of H-pyrrole nitrogens is 1. The van der Waals surface area contributed by atoms with Crippen LogP contribution in [0, 0.1) is 6.92 Å². The molecule has 5 heteroatoms. The van der Waals surface area contributed by atoms with Crippen molar-refractivity contribution in [3.8, 4) is 0 Å². The van der Waals surface area contributed by atoms with Gasteiger partial charge in [0.2, 0.25) is 0 Å². The Morgan fingerprint density at radius 2 is 2.33 bits per heavy atom. The minimum atomic E-state index is -0.192. The molecule has 2 rings (SSSR count). The number of aromatic nitrogens is 2.